The van der Waals surface area contributed by atoms with E-state index in [4.69, 9.17) is 16.3 Å². The van der Waals surface area contributed by atoms with Gasteiger partial charge in [-0.15, -0.1) is 5.10 Å². The topological polar surface area (TPSA) is 78.2 Å². The molecule has 0 saturated carbocycles. The van der Waals surface area contributed by atoms with Crippen molar-refractivity contribution in [1.29, 1.82) is 0 Å². The van der Waals surface area contributed by atoms with E-state index in [1.54, 1.807) is 6.07 Å². The molecule has 0 aliphatic carbocycles. The molecule has 1 heterocycles. The van der Waals surface area contributed by atoms with Crippen molar-refractivity contribution in [1.82, 2.24) is 10.2 Å². The lowest BCUT2D eigenvalue weighted by molar-refractivity contribution is -0.386. The van der Waals surface area contributed by atoms with Crippen molar-refractivity contribution in [3.05, 3.63) is 57.1 Å². The van der Waals surface area contributed by atoms with E-state index in [1.807, 2.05) is 0 Å². The van der Waals surface area contributed by atoms with Crippen LogP contribution in [0.1, 0.15) is 5.69 Å². The smallest absolute Gasteiger partial charge is 0.313 e. The van der Waals surface area contributed by atoms with Crippen LogP contribution in [0.4, 0.5) is 10.1 Å². The van der Waals surface area contributed by atoms with Crippen LogP contribution < -0.4 is 4.74 Å². The third-order valence-corrected chi connectivity index (χ3v) is 2.38. The molecule has 1 aromatic carbocycles. The fourth-order valence-corrected chi connectivity index (χ4v) is 1.43. The third-order valence-electron chi connectivity index (χ3n) is 2.18. The van der Waals surface area contributed by atoms with Gasteiger partial charge in [0.1, 0.15) is 18.1 Å². The summed E-state index contributed by atoms with van der Waals surface area (Å²) in [5.74, 6) is -0.742. The molecule has 0 atom stereocenters. The number of halogens is 2. The Morgan fingerprint density at radius 3 is 2.74 bits per heavy atom. The molecule has 2 aromatic rings. The van der Waals surface area contributed by atoms with E-state index >= 15 is 0 Å². The molecule has 0 amide bonds. The van der Waals surface area contributed by atoms with Crippen molar-refractivity contribution >= 4 is 17.3 Å². The summed E-state index contributed by atoms with van der Waals surface area (Å²) in [6.45, 7) is -0.0311. The fourth-order valence-electron chi connectivity index (χ4n) is 1.33. The van der Waals surface area contributed by atoms with Crippen molar-refractivity contribution in [3.8, 4) is 5.75 Å². The molecule has 0 aliphatic heterocycles. The van der Waals surface area contributed by atoms with Crippen LogP contribution in [0.3, 0.4) is 0 Å². The maximum absolute atomic E-state index is 12.9. The second kappa shape index (κ2) is 5.57. The first-order valence-corrected chi connectivity index (χ1v) is 5.49. The molecule has 0 radical (unpaired) electrons. The van der Waals surface area contributed by atoms with E-state index in [0.29, 0.717) is 5.69 Å². The van der Waals surface area contributed by atoms with Gasteiger partial charge in [-0.2, -0.15) is 5.10 Å². The summed E-state index contributed by atoms with van der Waals surface area (Å²) in [7, 11) is 0. The number of nitro benzene ring substituents is 1. The Morgan fingerprint density at radius 1 is 1.32 bits per heavy atom. The highest BCUT2D eigenvalue weighted by molar-refractivity contribution is 6.29. The summed E-state index contributed by atoms with van der Waals surface area (Å²) in [4.78, 5) is 10.0. The van der Waals surface area contributed by atoms with Gasteiger partial charge in [-0.1, -0.05) is 11.6 Å². The SMILES string of the molecule is O=[N+]([O-])c1cc(F)ccc1OCc1ccc(Cl)nn1. The lowest BCUT2D eigenvalue weighted by atomic mass is 10.3. The molecule has 8 heteroatoms. The first-order valence-electron chi connectivity index (χ1n) is 5.11. The monoisotopic (exact) mass is 283 g/mol. The summed E-state index contributed by atoms with van der Waals surface area (Å²) >= 11 is 5.57. The lowest BCUT2D eigenvalue weighted by Gasteiger charge is -2.05. The van der Waals surface area contributed by atoms with Crippen LogP contribution in [0.2, 0.25) is 5.15 Å². The quantitative estimate of drug-likeness (QED) is 0.637. The Labute approximate surface area is 111 Å². The number of nitro groups is 1. The first-order chi connectivity index (χ1) is 9.06. The Hall–Kier alpha value is -2.28. The zero-order chi connectivity index (χ0) is 13.8. The highest BCUT2D eigenvalue weighted by Crippen LogP contribution is 2.27. The minimum absolute atomic E-state index is 0.0311. The highest BCUT2D eigenvalue weighted by atomic mass is 35.5. The summed E-state index contributed by atoms with van der Waals surface area (Å²) in [5, 5.41) is 18.3. The summed E-state index contributed by atoms with van der Waals surface area (Å²) in [6.07, 6.45) is 0. The van der Waals surface area contributed by atoms with E-state index < -0.39 is 16.4 Å². The van der Waals surface area contributed by atoms with Crippen molar-refractivity contribution in [2.24, 2.45) is 0 Å². The molecular formula is C11H7ClFN3O3. The Balaban J connectivity index is 2.15. The predicted molar refractivity (Wildman–Crippen MR) is 64.4 cm³/mol. The molecule has 2 rings (SSSR count). The molecule has 1 aromatic heterocycles. The molecule has 0 fully saturated rings. The van der Waals surface area contributed by atoms with Gasteiger partial charge in [0, 0.05) is 0 Å². The molecule has 6 nitrogen and oxygen atoms in total. The standard InChI is InChI=1S/C11H7ClFN3O3/c12-11-4-2-8(14-15-11)6-19-10-3-1-7(13)5-9(10)16(17)18/h1-5H,6H2. The Morgan fingerprint density at radius 2 is 2.11 bits per heavy atom. The van der Waals surface area contributed by atoms with Gasteiger partial charge in [-0.05, 0) is 24.3 Å². The maximum Gasteiger partial charge on any atom is 0.313 e. The molecule has 0 aliphatic rings. The van der Waals surface area contributed by atoms with Crippen LogP contribution in [-0.2, 0) is 6.61 Å². The number of ether oxygens (including phenoxy) is 1. The average molecular weight is 284 g/mol. The van der Waals surface area contributed by atoms with Crippen LogP contribution >= 0.6 is 11.6 Å². The van der Waals surface area contributed by atoms with E-state index in [1.165, 1.54) is 12.1 Å². The molecule has 19 heavy (non-hydrogen) atoms. The summed E-state index contributed by atoms with van der Waals surface area (Å²) in [5.41, 5.74) is 0.00458. The zero-order valence-electron chi connectivity index (χ0n) is 9.42. The number of hydrogen-bond acceptors (Lipinski definition) is 5. The van der Waals surface area contributed by atoms with Crippen LogP contribution in [0.5, 0.6) is 5.75 Å². The Bertz CT molecular complexity index is 607. The summed E-state index contributed by atoms with van der Waals surface area (Å²) < 4.78 is 18.1. The predicted octanol–water partition coefficient (Wildman–Crippen LogP) is 2.76. The minimum atomic E-state index is -0.716. The van der Waals surface area contributed by atoms with Crippen molar-refractivity contribution < 1.29 is 14.1 Å². The molecule has 0 unspecified atom stereocenters. The molecule has 0 spiro atoms. The van der Waals surface area contributed by atoms with E-state index in [0.717, 1.165) is 12.1 Å². The maximum atomic E-state index is 12.9. The number of aromatic nitrogens is 2. The van der Waals surface area contributed by atoms with Gasteiger partial charge < -0.3 is 4.74 Å². The van der Waals surface area contributed by atoms with Crippen molar-refractivity contribution in [2.45, 2.75) is 6.61 Å². The van der Waals surface area contributed by atoms with Crippen LogP contribution in [0.15, 0.2) is 30.3 Å². The fraction of sp³-hybridized carbons (Fsp3) is 0.0909. The van der Waals surface area contributed by atoms with Crippen molar-refractivity contribution in [2.75, 3.05) is 0 Å². The lowest BCUT2D eigenvalue weighted by Crippen LogP contribution is -2.02. The number of benzene rings is 1. The van der Waals surface area contributed by atoms with Gasteiger partial charge in [-0.25, -0.2) is 4.39 Å². The van der Waals surface area contributed by atoms with Gasteiger partial charge >= 0.3 is 5.69 Å². The van der Waals surface area contributed by atoms with E-state index in [9.17, 15) is 14.5 Å². The number of nitrogens with zero attached hydrogens (tertiary/aromatic N) is 3. The van der Waals surface area contributed by atoms with Gasteiger partial charge in [0.2, 0.25) is 0 Å². The highest BCUT2D eigenvalue weighted by Gasteiger charge is 2.16. The number of rotatable bonds is 4. The molecule has 98 valence electrons. The van der Waals surface area contributed by atoms with Crippen LogP contribution in [0, 0.1) is 15.9 Å². The largest absolute Gasteiger partial charge is 0.480 e. The third kappa shape index (κ3) is 3.35. The Kier molecular flexibility index (Phi) is 3.86. The molecule has 0 N–H and O–H groups in total. The van der Waals surface area contributed by atoms with Crippen LogP contribution in [-0.4, -0.2) is 15.1 Å². The van der Waals surface area contributed by atoms with Crippen molar-refractivity contribution in [3.63, 3.8) is 0 Å². The van der Waals surface area contributed by atoms with Crippen LogP contribution in [0.25, 0.3) is 0 Å². The first kappa shape index (κ1) is 13.2. The van der Waals surface area contributed by atoms with E-state index in [-0.39, 0.29) is 17.5 Å². The number of hydrogen-bond donors (Lipinski definition) is 0. The average Bonchev–Trinajstić information content (AvgIpc) is 2.39. The normalized spacial score (nSPS) is 10.2. The van der Waals surface area contributed by atoms with Gasteiger partial charge in [0.05, 0.1) is 11.0 Å². The van der Waals surface area contributed by atoms with Gasteiger partial charge in [0.15, 0.2) is 10.9 Å². The minimum Gasteiger partial charge on any atom is -0.480 e. The molecule has 0 bridgehead atoms. The molecular weight excluding hydrogens is 277 g/mol. The summed E-state index contributed by atoms with van der Waals surface area (Å²) in [6, 6.07) is 6.16. The van der Waals surface area contributed by atoms with E-state index in [2.05, 4.69) is 10.2 Å². The van der Waals surface area contributed by atoms with Gasteiger partial charge in [0.25, 0.3) is 0 Å². The second-order valence-electron chi connectivity index (χ2n) is 3.51. The molecule has 0 saturated heterocycles. The second-order valence-corrected chi connectivity index (χ2v) is 3.89. The van der Waals surface area contributed by atoms with Gasteiger partial charge in [-0.3, -0.25) is 10.1 Å². The zero-order valence-corrected chi connectivity index (χ0v) is 10.2.